The molecule has 0 aliphatic rings. The molecule has 0 unspecified atom stereocenters. The normalized spacial score (nSPS) is 10.6. The molecule has 0 bridgehead atoms. The van der Waals surface area contributed by atoms with Gasteiger partial charge >= 0.3 is 11.9 Å². The first-order chi connectivity index (χ1) is 19.3. The van der Waals surface area contributed by atoms with Crippen LogP contribution in [0.1, 0.15) is 22.6 Å². The highest BCUT2D eigenvalue weighted by Crippen LogP contribution is 2.34. The van der Waals surface area contributed by atoms with Crippen LogP contribution >= 0.6 is 0 Å². The smallest absolute Gasteiger partial charge is 0.325 e. The van der Waals surface area contributed by atoms with Crippen LogP contribution in [0.2, 0.25) is 0 Å². The van der Waals surface area contributed by atoms with Gasteiger partial charge in [0.25, 0.3) is 22.7 Å². The zero-order valence-corrected chi connectivity index (χ0v) is 20.5. The Morgan fingerprint density at radius 2 is 0.976 bits per heavy atom. The summed E-state index contributed by atoms with van der Waals surface area (Å²) in [7, 11) is 0. The summed E-state index contributed by atoms with van der Waals surface area (Å²) in [6, 6.07) is 9.71. The number of benzene rings is 3. The fourth-order valence-electron chi connectivity index (χ4n) is 3.76. The molecule has 0 atom stereocenters. The van der Waals surface area contributed by atoms with Crippen molar-refractivity contribution < 1.29 is 38.8 Å². The number of nitro benzene ring substituents is 4. The quantitative estimate of drug-likeness (QED) is 0.110. The number of hydrogen-bond donors (Lipinski definition) is 2. The lowest BCUT2D eigenvalue weighted by molar-refractivity contribution is -0.396. The third-order valence-electron chi connectivity index (χ3n) is 5.71. The highest BCUT2D eigenvalue weighted by atomic mass is 16.6. The van der Waals surface area contributed by atoms with Gasteiger partial charge in [0, 0.05) is 29.8 Å². The first-order valence-corrected chi connectivity index (χ1v) is 11.1. The van der Waals surface area contributed by atoms with E-state index in [0.29, 0.717) is 0 Å². The number of anilines is 2. The summed E-state index contributed by atoms with van der Waals surface area (Å²) in [5.74, 6) is -4.92. The minimum atomic E-state index is -2.05. The van der Waals surface area contributed by atoms with Crippen molar-refractivity contribution in [2.75, 3.05) is 11.5 Å². The number of rotatable bonds is 11. The first-order valence-electron chi connectivity index (χ1n) is 11.1. The minimum Gasteiger partial charge on any atom is -0.459 e. The number of para-hydroxylation sites is 1. The van der Waals surface area contributed by atoms with E-state index in [9.17, 15) is 50.0 Å². The number of hydrogen-bond acceptors (Lipinski definition) is 14. The van der Waals surface area contributed by atoms with Crippen LogP contribution in [-0.4, -0.2) is 31.6 Å². The molecule has 41 heavy (non-hydrogen) atoms. The van der Waals surface area contributed by atoms with Gasteiger partial charge in [0.15, 0.2) is 5.92 Å². The van der Waals surface area contributed by atoms with Crippen molar-refractivity contribution in [3.05, 3.63) is 112 Å². The van der Waals surface area contributed by atoms with E-state index < -0.39 is 84.6 Å². The maximum Gasteiger partial charge on any atom is 0.325 e. The molecule has 0 fully saturated rings. The second-order valence-electron chi connectivity index (χ2n) is 8.08. The third-order valence-corrected chi connectivity index (χ3v) is 5.71. The maximum absolute atomic E-state index is 13.2. The van der Waals surface area contributed by atoms with E-state index in [-0.39, 0.29) is 16.9 Å². The molecule has 4 N–H and O–H groups in total. The van der Waals surface area contributed by atoms with Crippen molar-refractivity contribution in [3.63, 3.8) is 0 Å². The molecule has 212 valence electrons. The highest BCUT2D eigenvalue weighted by Gasteiger charge is 2.36. The molecule has 0 spiro atoms. The summed E-state index contributed by atoms with van der Waals surface area (Å²) in [4.78, 5) is 68.2. The fourth-order valence-corrected chi connectivity index (χ4v) is 3.76. The lowest BCUT2D eigenvalue weighted by Crippen LogP contribution is -2.27. The first kappa shape index (κ1) is 29.4. The monoisotopic (exact) mass is 570 g/mol. The number of ether oxygens (including phenoxy) is 2. The van der Waals surface area contributed by atoms with Gasteiger partial charge in [-0.3, -0.25) is 50.0 Å². The van der Waals surface area contributed by atoms with Gasteiger partial charge in [0.05, 0.1) is 31.1 Å². The van der Waals surface area contributed by atoms with Crippen LogP contribution in [0.4, 0.5) is 34.1 Å². The van der Waals surface area contributed by atoms with Gasteiger partial charge in [-0.2, -0.15) is 0 Å². The molecule has 0 saturated heterocycles. The summed E-state index contributed by atoms with van der Waals surface area (Å²) in [6.07, 6.45) is 0. The molecular weight excluding hydrogens is 552 g/mol. The second kappa shape index (κ2) is 12.1. The molecular formula is C23H18N6O12. The molecule has 0 aliphatic carbocycles. The van der Waals surface area contributed by atoms with Crippen LogP contribution < -0.4 is 11.5 Å². The summed E-state index contributed by atoms with van der Waals surface area (Å²) < 4.78 is 10.1. The highest BCUT2D eigenvalue weighted by molar-refractivity contribution is 6.02. The Morgan fingerprint density at radius 3 is 1.32 bits per heavy atom. The zero-order chi connectivity index (χ0) is 30.4. The van der Waals surface area contributed by atoms with Gasteiger partial charge in [-0.25, -0.2) is 0 Å². The number of carbonyl (C=O) groups is 2. The molecule has 0 radical (unpaired) electrons. The Balaban J connectivity index is 1.99. The number of nitrogen functional groups attached to an aromatic ring is 2. The largest absolute Gasteiger partial charge is 0.459 e. The average Bonchev–Trinajstić information content (AvgIpc) is 2.92. The van der Waals surface area contributed by atoms with Crippen molar-refractivity contribution >= 4 is 46.1 Å². The van der Waals surface area contributed by atoms with Crippen LogP contribution in [-0.2, 0) is 32.3 Å². The van der Waals surface area contributed by atoms with Crippen LogP contribution in [0.15, 0.2) is 54.6 Å². The van der Waals surface area contributed by atoms with Crippen LogP contribution in [0.3, 0.4) is 0 Å². The molecule has 3 rings (SSSR count). The Labute approximate surface area is 227 Å². The van der Waals surface area contributed by atoms with Gasteiger partial charge in [0.1, 0.15) is 24.3 Å². The lowest BCUT2D eigenvalue weighted by Gasteiger charge is -2.18. The minimum absolute atomic E-state index is 0.0724. The fraction of sp³-hybridized carbons (Fsp3) is 0.130. The number of carbonyl (C=O) groups excluding carboxylic acids is 2. The van der Waals surface area contributed by atoms with Gasteiger partial charge in [0.2, 0.25) is 0 Å². The van der Waals surface area contributed by atoms with Crippen molar-refractivity contribution in [2.24, 2.45) is 0 Å². The predicted octanol–water partition coefficient (Wildman–Crippen LogP) is 3.05. The summed E-state index contributed by atoms with van der Waals surface area (Å²) >= 11 is 0. The molecule has 18 heteroatoms. The van der Waals surface area contributed by atoms with Crippen LogP contribution in [0.25, 0.3) is 0 Å². The van der Waals surface area contributed by atoms with E-state index in [1.165, 1.54) is 18.2 Å². The average molecular weight is 570 g/mol. The van der Waals surface area contributed by atoms with Crippen LogP contribution in [0.5, 0.6) is 0 Å². The number of esters is 2. The topological polar surface area (TPSA) is 277 Å². The Morgan fingerprint density at radius 1 is 0.634 bits per heavy atom. The van der Waals surface area contributed by atoms with Gasteiger partial charge in [-0.15, -0.1) is 0 Å². The maximum atomic E-state index is 13.2. The molecule has 0 heterocycles. The number of nitrogens with two attached hydrogens (primary N) is 2. The summed E-state index contributed by atoms with van der Waals surface area (Å²) in [6.45, 7) is -2.04. The van der Waals surface area contributed by atoms with Crippen molar-refractivity contribution in [3.8, 4) is 0 Å². The summed E-state index contributed by atoms with van der Waals surface area (Å²) in [5.41, 5.74) is 6.99. The van der Waals surface area contributed by atoms with Crippen molar-refractivity contribution in [2.45, 2.75) is 19.1 Å². The molecule has 0 aromatic heterocycles. The Bertz CT molecular complexity index is 1440. The molecule has 3 aromatic rings. The predicted molar refractivity (Wildman–Crippen MR) is 137 cm³/mol. The van der Waals surface area contributed by atoms with E-state index in [1.807, 2.05) is 0 Å². The standard InChI is InChI=1S/C23H18N6O12/c24-15-5-1-4-12(21(15)25)20(22(30)40-10-13-16(26(32)33)6-2-7-17(13)27(34)35)23(31)41-11-14-18(28(36)37)8-3-9-19(14)29(38)39/h1-9,20H,10-11,24-25H2. The Kier molecular flexibility index (Phi) is 8.67. The molecule has 0 amide bonds. The summed E-state index contributed by atoms with van der Waals surface area (Å²) in [5, 5.41) is 45.6. The van der Waals surface area contributed by atoms with E-state index >= 15 is 0 Å². The van der Waals surface area contributed by atoms with Crippen molar-refractivity contribution in [1.29, 1.82) is 0 Å². The van der Waals surface area contributed by atoms with E-state index in [1.54, 1.807) is 0 Å². The molecule has 0 aliphatic heterocycles. The van der Waals surface area contributed by atoms with Gasteiger partial charge < -0.3 is 20.9 Å². The van der Waals surface area contributed by atoms with E-state index in [4.69, 9.17) is 20.9 Å². The van der Waals surface area contributed by atoms with E-state index in [0.717, 1.165) is 36.4 Å². The third kappa shape index (κ3) is 6.28. The van der Waals surface area contributed by atoms with Crippen LogP contribution in [0, 0.1) is 40.5 Å². The SMILES string of the molecule is Nc1cccc(C(C(=O)OCc2c([N+](=O)[O-])cccc2[N+](=O)[O-])C(=O)OCc2c([N+](=O)[O-])cccc2[N+](=O)[O-])c1N. The zero-order valence-electron chi connectivity index (χ0n) is 20.5. The Hall–Kier alpha value is -6.20. The van der Waals surface area contributed by atoms with Gasteiger partial charge in [-0.1, -0.05) is 12.1 Å². The molecule has 3 aromatic carbocycles. The second-order valence-corrected chi connectivity index (χ2v) is 8.08. The number of nitro groups is 4. The molecule has 0 saturated carbocycles. The lowest BCUT2D eigenvalue weighted by atomic mass is 9.96. The van der Waals surface area contributed by atoms with Gasteiger partial charge in [-0.05, 0) is 18.2 Å². The number of nitrogens with zero attached hydrogens (tertiary/aromatic N) is 4. The van der Waals surface area contributed by atoms with E-state index in [2.05, 4.69) is 0 Å². The molecule has 18 nitrogen and oxygen atoms in total. The van der Waals surface area contributed by atoms with Crippen molar-refractivity contribution in [1.82, 2.24) is 0 Å².